The first-order valence-electron chi connectivity index (χ1n) is 7.30. The molecular weight excluding hydrogens is 256 g/mol. The first-order valence-corrected chi connectivity index (χ1v) is 7.30. The molecule has 0 amide bonds. The van der Waals surface area contributed by atoms with Crippen molar-refractivity contribution in [1.29, 1.82) is 0 Å². The second-order valence-electron chi connectivity index (χ2n) is 5.41. The van der Waals surface area contributed by atoms with E-state index in [4.69, 9.17) is 4.74 Å². The number of aromatic nitrogens is 2. The van der Waals surface area contributed by atoms with Gasteiger partial charge in [-0.1, -0.05) is 13.8 Å². The standard InChI is InChI=1S/C14H24N4O2/c1-11(2)12-10-13(19)17-14(16-12)15-4-3-5-18-6-8-20-9-7-18/h10-11H,3-9H2,1-2H3,(H2,15,16,17,19). The van der Waals surface area contributed by atoms with Crippen LogP contribution in [0.25, 0.3) is 0 Å². The van der Waals surface area contributed by atoms with E-state index in [0.29, 0.717) is 5.95 Å². The van der Waals surface area contributed by atoms with E-state index in [0.717, 1.165) is 51.5 Å². The van der Waals surface area contributed by atoms with Gasteiger partial charge in [-0.25, -0.2) is 4.98 Å². The smallest absolute Gasteiger partial charge is 0.252 e. The molecule has 0 radical (unpaired) electrons. The van der Waals surface area contributed by atoms with Crippen molar-refractivity contribution < 1.29 is 4.74 Å². The predicted molar refractivity (Wildman–Crippen MR) is 79.3 cm³/mol. The Hall–Kier alpha value is -1.40. The van der Waals surface area contributed by atoms with Crippen LogP contribution >= 0.6 is 0 Å². The molecule has 1 aliphatic rings. The van der Waals surface area contributed by atoms with Crippen molar-refractivity contribution in [3.05, 3.63) is 22.1 Å². The Bertz CT molecular complexity index is 466. The van der Waals surface area contributed by atoms with Gasteiger partial charge in [0.25, 0.3) is 5.56 Å². The monoisotopic (exact) mass is 280 g/mol. The zero-order valence-corrected chi connectivity index (χ0v) is 12.3. The van der Waals surface area contributed by atoms with Crippen molar-refractivity contribution in [2.24, 2.45) is 0 Å². The van der Waals surface area contributed by atoms with Gasteiger partial charge in [0.1, 0.15) is 0 Å². The molecule has 1 saturated heterocycles. The fourth-order valence-electron chi connectivity index (χ4n) is 2.19. The van der Waals surface area contributed by atoms with Crippen molar-refractivity contribution in [2.75, 3.05) is 44.7 Å². The zero-order chi connectivity index (χ0) is 14.4. The van der Waals surface area contributed by atoms with E-state index in [2.05, 4.69) is 20.2 Å². The summed E-state index contributed by atoms with van der Waals surface area (Å²) in [5.41, 5.74) is 0.726. The van der Waals surface area contributed by atoms with Crippen molar-refractivity contribution in [1.82, 2.24) is 14.9 Å². The number of ether oxygens (including phenoxy) is 1. The second-order valence-corrected chi connectivity index (χ2v) is 5.41. The van der Waals surface area contributed by atoms with E-state index in [-0.39, 0.29) is 11.5 Å². The summed E-state index contributed by atoms with van der Waals surface area (Å²) in [6, 6.07) is 1.56. The lowest BCUT2D eigenvalue weighted by Gasteiger charge is -2.26. The molecule has 0 unspecified atom stereocenters. The van der Waals surface area contributed by atoms with Gasteiger partial charge in [0.2, 0.25) is 5.95 Å². The summed E-state index contributed by atoms with van der Waals surface area (Å²) in [4.78, 5) is 21.1. The topological polar surface area (TPSA) is 70.2 Å². The van der Waals surface area contributed by atoms with E-state index in [1.807, 2.05) is 13.8 Å². The summed E-state index contributed by atoms with van der Waals surface area (Å²) in [5, 5.41) is 3.20. The number of H-pyrrole nitrogens is 1. The number of nitrogens with one attached hydrogen (secondary N) is 2. The highest BCUT2D eigenvalue weighted by Crippen LogP contribution is 2.10. The first-order chi connectivity index (χ1) is 9.65. The average Bonchev–Trinajstić information content (AvgIpc) is 2.44. The molecule has 0 aliphatic carbocycles. The van der Waals surface area contributed by atoms with Gasteiger partial charge in [-0.3, -0.25) is 14.7 Å². The molecular formula is C14H24N4O2. The Balaban J connectivity index is 1.77. The van der Waals surface area contributed by atoms with Crippen LogP contribution in [0, 0.1) is 0 Å². The minimum Gasteiger partial charge on any atom is -0.379 e. The molecule has 2 heterocycles. The van der Waals surface area contributed by atoms with Crippen LogP contribution in [0.2, 0.25) is 0 Å². The van der Waals surface area contributed by atoms with Crippen molar-refractivity contribution in [3.63, 3.8) is 0 Å². The summed E-state index contributed by atoms with van der Waals surface area (Å²) >= 11 is 0. The Labute approximate surface area is 119 Å². The Morgan fingerprint density at radius 1 is 1.45 bits per heavy atom. The lowest BCUT2D eigenvalue weighted by atomic mass is 10.1. The molecule has 6 heteroatoms. The Kier molecular flexibility index (Phi) is 5.55. The number of aromatic amines is 1. The van der Waals surface area contributed by atoms with Crippen LogP contribution in [0.1, 0.15) is 31.9 Å². The van der Waals surface area contributed by atoms with Crippen LogP contribution < -0.4 is 10.9 Å². The molecule has 0 atom stereocenters. The Morgan fingerprint density at radius 2 is 2.20 bits per heavy atom. The summed E-state index contributed by atoms with van der Waals surface area (Å²) in [6.45, 7) is 9.60. The predicted octanol–water partition coefficient (Wildman–Crippen LogP) is 1.03. The van der Waals surface area contributed by atoms with Gasteiger partial charge in [0.05, 0.1) is 18.9 Å². The van der Waals surface area contributed by atoms with E-state index in [9.17, 15) is 4.79 Å². The third kappa shape index (κ3) is 4.61. The minimum atomic E-state index is -0.0978. The van der Waals surface area contributed by atoms with Crippen LogP contribution in [0.15, 0.2) is 10.9 Å². The van der Waals surface area contributed by atoms with Gasteiger partial charge in [-0.15, -0.1) is 0 Å². The maximum atomic E-state index is 11.5. The maximum absolute atomic E-state index is 11.5. The number of hydrogen-bond donors (Lipinski definition) is 2. The van der Waals surface area contributed by atoms with E-state index < -0.39 is 0 Å². The fraction of sp³-hybridized carbons (Fsp3) is 0.714. The zero-order valence-electron chi connectivity index (χ0n) is 12.3. The molecule has 0 saturated carbocycles. The van der Waals surface area contributed by atoms with Crippen LogP contribution in [0.5, 0.6) is 0 Å². The summed E-state index contributed by atoms with van der Waals surface area (Å²) in [7, 11) is 0. The van der Waals surface area contributed by atoms with E-state index >= 15 is 0 Å². The molecule has 0 aromatic carbocycles. The van der Waals surface area contributed by atoms with Crippen molar-refractivity contribution in [2.45, 2.75) is 26.2 Å². The Morgan fingerprint density at radius 3 is 2.90 bits per heavy atom. The number of morpholine rings is 1. The molecule has 0 bridgehead atoms. The van der Waals surface area contributed by atoms with Gasteiger partial charge in [-0.05, 0) is 18.9 Å². The number of anilines is 1. The van der Waals surface area contributed by atoms with Gasteiger partial charge >= 0.3 is 0 Å². The number of hydrogen-bond acceptors (Lipinski definition) is 5. The normalized spacial score (nSPS) is 16.6. The molecule has 1 aromatic rings. The third-order valence-electron chi connectivity index (χ3n) is 3.40. The number of nitrogens with zero attached hydrogens (tertiary/aromatic N) is 2. The molecule has 112 valence electrons. The molecule has 0 spiro atoms. The molecule has 1 fully saturated rings. The SMILES string of the molecule is CC(C)c1cc(=O)[nH]c(NCCCN2CCOCC2)n1. The van der Waals surface area contributed by atoms with Gasteiger partial charge in [0.15, 0.2) is 0 Å². The molecule has 2 N–H and O–H groups in total. The summed E-state index contributed by atoms with van der Waals surface area (Å²) in [5.74, 6) is 0.828. The van der Waals surface area contributed by atoms with Gasteiger partial charge < -0.3 is 10.1 Å². The van der Waals surface area contributed by atoms with E-state index in [1.165, 1.54) is 0 Å². The summed E-state index contributed by atoms with van der Waals surface area (Å²) in [6.07, 6.45) is 1.02. The maximum Gasteiger partial charge on any atom is 0.252 e. The average molecular weight is 280 g/mol. The minimum absolute atomic E-state index is 0.0978. The molecule has 6 nitrogen and oxygen atoms in total. The van der Waals surface area contributed by atoms with Crippen molar-refractivity contribution >= 4 is 5.95 Å². The van der Waals surface area contributed by atoms with E-state index in [1.54, 1.807) is 6.07 Å². The molecule has 1 aliphatic heterocycles. The molecule has 20 heavy (non-hydrogen) atoms. The lowest BCUT2D eigenvalue weighted by Crippen LogP contribution is -2.37. The van der Waals surface area contributed by atoms with Crippen LogP contribution in [-0.2, 0) is 4.74 Å². The highest BCUT2D eigenvalue weighted by Gasteiger charge is 2.09. The fourth-order valence-corrected chi connectivity index (χ4v) is 2.19. The van der Waals surface area contributed by atoms with Gasteiger partial charge in [0, 0.05) is 25.7 Å². The first kappa shape index (κ1) is 15.0. The summed E-state index contributed by atoms with van der Waals surface area (Å²) < 4.78 is 5.32. The molecule has 2 rings (SSSR count). The lowest BCUT2D eigenvalue weighted by molar-refractivity contribution is 0.0378. The van der Waals surface area contributed by atoms with Crippen LogP contribution in [-0.4, -0.2) is 54.3 Å². The highest BCUT2D eigenvalue weighted by atomic mass is 16.5. The highest BCUT2D eigenvalue weighted by molar-refractivity contribution is 5.25. The van der Waals surface area contributed by atoms with Crippen LogP contribution in [0.4, 0.5) is 5.95 Å². The molecule has 1 aromatic heterocycles. The second kappa shape index (κ2) is 7.40. The number of rotatable bonds is 6. The largest absolute Gasteiger partial charge is 0.379 e. The van der Waals surface area contributed by atoms with Crippen molar-refractivity contribution in [3.8, 4) is 0 Å². The van der Waals surface area contributed by atoms with Crippen LogP contribution in [0.3, 0.4) is 0 Å². The quantitative estimate of drug-likeness (QED) is 0.762. The third-order valence-corrected chi connectivity index (χ3v) is 3.40. The van der Waals surface area contributed by atoms with Gasteiger partial charge in [-0.2, -0.15) is 0 Å².